The molecule has 2 N–H and O–H groups in total. The van der Waals surface area contributed by atoms with Gasteiger partial charge in [0.15, 0.2) is 0 Å². The minimum atomic E-state index is -0.824. The number of imidazole rings is 1. The van der Waals surface area contributed by atoms with E-state index in [4.69, 9.17) is 9.84 Å². The maximum absolute atomic E-state index is 10.7. The molecule has 6 nitrogen and oxygen atoms in total. The van der Waals surface area contributed by atoms with E-state index in [2.05, 4.69) is 9.97 Å². The molecule has 1 unspecified atom stereocenters. The van der Waals surface area contributed by atoms with Crippen LogP contribution in [0.15, 0.2) is 6.20 Å². The molecule has 1 fully saturated rings. The Kier molecular flexibility index (Phi) is 3.21. The Morgan fingerprint density at radius 3 is 3.25 bits per heavy atom. The fourth-order valence-electron chi connectivity index (χ4n) is 1.86. The van der Waals surface area contributed by atoms with Crippen molar-refractivity contribution in [1.82, 2.24) is 14.9 Å². The summed E-state index contributed by atoms with van der Waals surface area (Å²) < 4.78 is 5.36. The fourth-order valence-corrected chi connectivity index (χ4v) is 1.86. The summed E-state index contributed by atoms with van der Waals surface area (Å²) in [5.74, 6) is -0.0476. The van der Waals surface area contributed by atoms with Gasteiger partial charge in [0.05, 0.1) is 25.8 Å². The Labute approximate surface area is 93.2 Å². The van der Waals surface area contributed by atoms with Crippen LogP contribution in [0.4, 0.5) is 0 Å². The highest BCUT2D eigenvalue weighted by Crippen LogP contribution is 2.21. The number of aromatic amines is 1. The number of nitrogens with one attached hydrogen (secondary N) is 1. The van der Waals surface area contributed by atoms with Crippen molar-refractivity contribution in [2.75, 3.05) is 26.3 Å². The SMILES string of the molecule is Cc1cnc(C2COCCN2CC(=O)O)[nH]1. The van der Waals surface area contributed by atoms with Crippen LogP contribution < -0.4 is 0 Å². The largest absolute Gasteiger partial charge is 0.480 e. The number of carbonyl (C=O) groups is 1. The van der Waals surface area contributed by atoms with Crippen molar-refractivity contribution in [2.24, 2.45) is 0 Å². The van der Waals surface area contributed by atoms with E-state index in [-0.39, 0.29) is 12.6 Å². The molecule has 88 valence electrons. The van der Waals surface area contributed by atoms with Crippen LogP contribution in [0.3, 0.4) is 0 Å². The monoisotopic (exact) mass is 225 g/mol. The van der Waals surface area contributed by atoms with Gasteiger partial charge in [0.25, 0.3) is 0 Å². The van der Waals surface area contributed by atoms with E-state index in [1.807, 2.05) is 11.8 Å². The summed E-state index contributed by atoms with van der Waals surface area (Å²) in [5, 5.41) is 8.82. The molecule has 2 rings (SSSR count). The maximum Gasteiger partial charge on any atom is 0.317 e. The van der Waals surface area contributed by atoms with Crippen LogP contribution in [0.25, 0.3) is 0 Å². The summed E-state index contributed by atoms with van der Waals surface area (Å²) >= 11 is 0. The summed E-state index contributed by atoms with van der Waals surface area (Å²) in [4.78, 5) is 20.0. The number of aromatic nitrogens is 2. The first-order valence-electron chi connectivity index (χ1n) is 5.22. The zero-order valence-corrected chi connectivity index (χ0v) is 9.14. The van der Waals surface area contributed by atoms with Crippen LogP contribution in [0, 0.1) is 6.92 Å². The van der Waals surface area contributed by atoms with Crippen LogP contribution >= 0.6 is 0 Å². The number of carboxylic acid groups (broad SMARTS) is 1. The molecule has 1 aliphatic rings. The van der Waals surface area contributed by atoms with E-state index in [0.29, 0.717) is 19.8 Å². The standard InChI is InChI=1S/C10H15N3O3/c1-7-4-11-10(12-7)8-6-16-3-2-13(8)5-9(14)15/h4,8H,2-3,5-6H2,1H3,(H,11,12)(H,14,15). The lowest BCUT2D eigenvalue weighted by atomic mass is 10.2. The number of morpholine rings is 1. The van der Waals surface area contributed by atoms with Gasteiger partial charge >= 0.3 is 5.97 Å². The summed E-state index contributed by atoms with van der Waals surface area (Å²) in [6, 6.07) is -0.0847. The van der Waals surface area contributed by atoms with Crippen LogP contribution in [0.1, 0.15) is 17.6 Å². The molecule has 0 aliphatic carbocycles. The Morgan fingerprint density at radius 1 is 1.81 bits per heavy atom. The van der Waals surface area contributed by atoms with Gasteiger partial charge in [-0.15, -0.1) is 0 Å². The van der Waals surface area contributed by atoms with Crippen LogP contribution in [-0.2, 0) is 9.53 Å². The second kappa shape index (κ2) is 4.63. The summed E-state index contributed by atoms with van der Waals surface area (Å²) in [5.41, 5.74) is 0.968. The van der Waals surface area contributed by atoms with Crippen molar-refractivity contribution in [3.05, 3.63) is 17.7 Å². The first kappa shape index (κ1) is 11.1. The Hall–Kier alpha value is -1.40. The van der Waals surface area contributed by atoms with Crippen molar-refractivity contribution in [2.45, 2.75) is 13.0 Å². The van der Waals surface area contributed by atoms with Gasteiger partial charge in [0.1, 0.15) is 5.82 Å². The second-order valence-electron chi connectivity index (χ2n) is 3.91. The first-order chi connectivity index (χ1) is 7.66. The highest BCUT2D eigenvalue weighted by atomic mass is 16.5. The Morgan fingerprint density at radius 2 is 2.62 bits per heavy atom. The van der Waals surface area contributed by atoms with Crippen molar-refractivity contribution in [3.8, 4) is 0 Å². The third kappa shape index (κ3) is 2.40. The molecule has 0 spiro atoms. The topological polar surface area (TPSA) is 78.4 Å². The minimum absolute atomic E-state index is 0.0216. The molecule has 1 aromatic rings. The van der Waals surface area contributed by atoms with Gasteiger partial charge in [-0.05, 0) is 6.92 Å². The van der Waals surface area contributed by atoms with Gasteiger partial charge in [-0.1, -0.05) is 0 Å². The van der Waals surface area contributed by atoms with E-state index in [0.717, 1.165) is 11.5 Å². The van der Waals surface area contributed by atoms with Crippen molar-refractivity contribution in [3.63, 3.8) is 0 Å². The fraction of sp³-hybridized carbons (Fsp3) is 0.600. The van der Waals surface area contributed by atoms with Crippen LogP contribution in [0.5, 0.6) is 0 Å². The number of ether oxygens (including phenoxy) is 1. The predicted molar refractivity (Wildman–Crippen MR) is 56.1 cm³/mol. The van der Waals surface area contributed by atoms with E-state index < -0.39 is 5.97 Å². The average Bonchev–Trinajstić information content (AvgIpc) is 2.65. The van der Waals surface area contributed by atoms with E-state index >= 15 is 0 Å². The smallest absolute Gasteiger partial charge is 0.317 e. The number of hydrogen-bond donors (Lipinski definition) is 2. The third-order valence-electron chi connectivity index (χ3n) is 2.62. The number of nitrogens with zero attached hydrogens (tertiary/aromatic N) is 2. The maximum atomic E-state index is 10.7. The molecule has 2 heterocycles. The molecule has 0 bridgehead atoms. The predicted octanol–water partition coefficient (Wildman–Crippen LogP) is 0.176. The van der Waals surface area contributed by atoms with Gasteiger partial charge in [-0.3, -0.25) is 9.69 Å². The number of hydrogen-bond acceptors (Lipinski definition) is 4. The molecule has 0 aromatic carbocycles. The summed E-state index contributed by atoms with van der Waals surface area (Å²) in [7, 11) is 0. The highest BCUT2D eigenvalue weighted by Gasteiger charge is 2.28. The van der Waals surface area contributed by atoms with Crippen molar-refractivity contribution in [1.29, 1.82) is 0 Å². The van der Waals surface area contributed by atoms with Gasteiger partial charge in [0, 0.05) is 18.4 Å². The molecule has 0 radical (unpaired) electrons. The summed E-state index contributed by atoms with van der Waals surface area (Å²) in [6.07, 6.45) is 1.74. The quantitative estimate of drug-likeness (QED) is 0.767. The number of rotatable bonds is 3. The second-order valence-corrected chi connectivity index (χ2v) is 3.91. The minimum Gasteiger partial charge on any atom is -0.480 e. The Balaban J connectivity index is 2.12. The van der Waals surface area contributed by atoms with E-state index in [1.54, 1.807) is 6.20 Å². The van der Waals surface area contributed by atoms with E-state index in [9.17, 15) is 4.79 Å². The molecular formula is C10H15N3O3. The molecule has 1 atom stereocenters. The van der Waals surface area contributed by atoms with Gasteiger partial charge < -0.3 is 14.8 Å². The lowest BCUT2D eigenvalue weighted by Gasteiger charge is -2.32. The highest BCUT2D eigenvalue weighted by molar-refractivity contribution is 5.69. The van der Waals surface area contributed by atoms with Crippen LogP contribution in [-0.4, -0.2) is 52.2 Å². The molecule has 6 heteroatoms. The lowest BCUT2D eigenvalue weighted by molar-refractivity contribution is -0.140. The zero-order chi connectivity index (χ0) is 11.5. The third-order valence-corrected chi connectivity index (χ3v) is 2.62. The number of aryl methyl sites for hydroxylation is 1. The van der Waals surface area contributed by atoms with Crippen molar-refractivity contribution < 1.29 is 14.6 Å². The molecule has 1 aromatic heterocycles. The zero-order valence-electron chi connectivity index (χ0n) is 9.14. The van der Waals surface area contributed by atoms with Gasteiger partial charge in [-0.25, -0.2) is 4.98 Å². The molecule has 1 saturated heterocycles. The molecular weight excluding hydrogens is 210 g/mol. The Bertz CT molecular complexity index is 377. The molecule has 0 saturated carbocycles. The number of aliphatic carboxylic acids is 1. The number of carboxylic acids is 1. The average molecular weight is 225 g/mol. The van der Waals surface area contributed by atoms with Crippen molar-refractivity contribution >= 4 is 5.97 Å². The first-order valence-corrected chi connectivity index (χ1v) is 5.22. The van der Waals surface area contributed by atoms with E-state index in [1.165, 1.54) is 0 Å². The van der Waals surface area contributed by atoms with Gasteiger partial charge in [-0.2, -0.15) is 0 Å². The normalized spacial score (nSPS) is 22.2. The van der Waals surface area contributed by atoms with Crippen LogP contribution in [0.2, 0.25) is 0 Å². The molecule has 16 heavy (non-hydrogen) atoms. The van der Waals surface area contributed by atoms with Gasteiger partial charge in [0.2, 0.25) is 0 Å². The lowest BCUT2D eigenvalue weighted by Crippen LogP contribution is -2.42. The molecule has 1 aliphatic heterocycles. The molecule has 0 amide bonds. The number of H-pyrrole nitrogens is 1. The summed E-state index contributed by atoms with van der Waals surface area (Å²) in [6.45, 7) is 3.62.